The lowest BCUT2D eigenvalue weighted by atomic mass is 9.96. The summed E-state index contributed by atoms with van der Waals surface area (Å²) in [4.78, 5) is 18.1. The predicted octanol–water partition coefficient (Wildman–Crippen LogP) is 4.07. The monoisotopic (exact) mass is 553 g/mol. The molecule has 1 aliphatic heterocycles. The largest absolute Gasteiger partial charge is 0.383 e. The second-order valence-corrected chi connectivity index (χ2v) is 9.67. The fourth-order valence-electron chi connectivity index (χ4n) is 4.55. The summed E-state index contributed by atoms with van der Waals surface area (Å²) in [5, 5.41) is 6.68. The normalized spacial score (nSPS) is 14.5. The van der Waals surface area contributed by atoms with Crippen molar-refractivity contribution in [2.75, 3.05) is 51.8 Å². The Morgan fingerprint density at radius 2 is 1.49 bits per heavy atom. The number of anilines is 1. The van der Waals surface area contributed by atoms with Crippen LogP contribution in [0.25, 0.3) is 0 Å². The van der Waals surface area contributed by atoms with Crippen molar-refractivity contribution < 1.29 is 13.5 Å². The molecule has 4 rings (SSSR count). The molecule has 1 saturated heterocycles. The highest BCUT2D eigenvalue weighted by Gasteiger charge is 2.28. The maximum absolute atomic E-state index is 13.7. The molecule has 0 atom stereocenters. The zero-order valence-electron chi connectivity index (χ0n) is 22.3. The van der Waals surface area contributed by atoms with Gasteiger partial charge in [0.05, 0.1) is 12.6 Å². The molecule has 11 heteroatoms. The Balaban J connectivity index is 1.55. The van der Waals surface area contributed by atoms with Crippen molar-refractivity contribution in [3.05, 3.63) is 88.7 Å². The van der Waals surface area contributed by atoms with Gasteiger partial charge in [0.25, 0.3) is 0 Å². The molecule has 0 spiro atoms. The molecule has 0 aliphatic carbocycles. The Morgan fingerprint density at radius 1 is 0.949 bits per heavy atom. The lowest BCUT2D eigenvalue weighted by Crippen LogP contribution is -2.52. The van der Waals surface area contributed by atoms with Gasteiger partial charge in [-0.1, -0.05) is 24.3 Å². The lowest BCUT2D eigenvalue weighted by Gasteiger charge is -2.40. The summed E-state index contributed by atoms with van der Waals surface area (Å²) in [5.41, 5.74) is 3.57. The van der Waals surface area contributed by atoms with E-state index in [1.54, 1.807) is 31.4 Å². The topological polar surface area (TPSA) is 77.9 Å². The Morgan fingerprint density at radius 3 is 2.00 bits per heavy atom. The number of halogens is 2. The van der Waals surface area contributed by atoms with Crippen LogP contribution >= 0.6 is 12.2 Å². The molecule has 206 valence electrons. The average Bonchev–Trinajstić information content (AvgIpc) is 2.91. The fourth-order valence-corrected chi connectivity index (χ4v) is 4.74. The summed E-state index contributed by atoms with van der Waals surface area (Å²) >= 11 is 5.46. The van der Waals surface area contributed by atoms with Gasteiger partial charge in [-0.05, 0) is 67.5 Å². The zero-order chi connectivity index (χ0) is 27.8. The maximum Gasteiger partial charge on any atom is 0.229 e. The van der Waals surface area contributed by atoms with Gasteiger partial charge in [-0.2, -0.15) is 4.99 Å². The number of piperazine rings is 1. The van der Waals surface area contributed by atoms with E-state index < -0.39 is 0 Å². The minimum atomic E-state index is -0.294. The van der Waals surface area contributed by atoms with Gasteiger partial charge in [0, 0.05) is 51.2 Å². The number of hydrogen-bond acceptors (Lipinski definition) is 5. The van der Waals surface area contributed by atoms with Crippen LogP contribution in [0.15, 0.2) is 59.6 Å². The lowest BCUT2D eigenvalue weighted by molar-refractivity contribution is 0.150. The molecule has 2 N–H and O–H groups in total. The van der Waals surface area contributed by atoms with Crippen molar-refractivity contribution in [1.82, 2.24) is 25.1 Å². The number of rotatable bonds is 7. The van der Waals surface area contributed by atoms with Crippen molar-refractivity contribution in [3.63, 3.8) is 0 Å². The van der Waals surface area contributed by atoms with Gasteiger partial charge in [0.2, 0.25) is 11.9 Å². The third-order valence-electron chi connectivity index (χ3n) is 6.35. The standard InChI is InChI=1S/C28H33F2N7OS/c1-19-18-20(2)33-26(32-19)34-27(35-28(39)31-12-17-38-3)37-15-13-36(14-16-37)25(21-4-8-23(29)9-5-21)22-6-10-24(30)11-7-22/h4-11,18,25H,12-17H2,1-3H3,(H2,31,32,33,34,35,39). The van der Waals surface area contributed by atoms with Gasteiger partial charge in [0.15, 0.2) is 5.11 Å². The van der Waals surface area contributed by atoms with Crippen LogP contribution in [0.3, 0.4) is 0 Å². The highest BCUT2D eigenvalue weighted by atomic mass is 32.1. The van der Waals surface area contributed by atoms with E-state index in [1.807, 2.05) is 19.9 Å². The van der Waals surface area contributed by atoms with E-state index in [-0.39, 0.29) is 17.7 Å². The number of aliphatic imine (C=N–C) groups is 1. The van der Waals surface area contributed by atoms with E-state index in [1.165, 1.54) is 24.3 Å². The average molecular weight is 554 g/mol. The SMILES string of the molecule is COCCNC(=S)/N=C(/Nc1nc(C)cc(C)n1)N1CCN(C(c2ccc(F)cc2)c2ccc(F)cc2)CC1. The summed E-state index contributed by atoms with van der Waals surface area (Å²) in [5.74, 6) is 0.410. The third-order valence-corrected chi connectivity index (χ3v) is 6.58. The van der Waals surface area contributed by atoms with E-state index in [0.29, 0.717) is 56.4 Å². The van der Waals surface area contributed by atoms with Gasteiger partial charge in [-0.25, -0.2) is 18.7 Å². The van der Waals surface area contributed by atoms with Crippen LogP contribution in [0, 0.1) is 25.5 Å². The Hall–Kier alpha value is -3.54. The Bertz CT molecular complexity index is 1210. The van der Waals surface area contributed by atoms with Crippen LogP contribution in [-0.2, 0) is 4.74 Å². The molecule has 3 aromatic rings. The first-order chi connectivity index (χ1) is 18.8. The predicted molar refractivity (Wildman–Crippen MR) is 153 cm³/mol. The number of guanidine groups is 1. The highest BCUT2D eigenvalue weighted by molar-refractivity contribution is 7.80. The Kier molecular flexibility index (Phi) is 9.85. The highest BCUT2D eigenvalue weighted by Crippen LogP contribution is 2.30. The number of nitrogens with zero attached hydrogens (tertiary/aromatic N) is 5. The number of hydrogen-bond donors (Lipinski definition) is 2. The van der Waals surface area contributed by atoms with E-state index >= 15 is 0 Å². The number of aromatic nitrogens is 2. The fraction of sp³-hybridized carbons (Fsp3) is 0.357. The first-order valence-electron chi connectivity index (χ1n) is 12.8. The maximum atomic E-state index is 13.7. The molecule has 0 bridgehead atoms. The smallest absolute Gasteiger partial charge is 0.229 e. The Labute approximate surface area is 233 Å². The first-order valence-corrected chi connectivity index (χ1v) is 13.2. The van der Waals surface area contributed by atoms with Crippen LogP contribution in [0.2, 0.25) is 0 Å². The molecule has 0 saturated carbocycles. The molecule has 1 aliphatic rings. The van der Waals surface area contributed by atoms with Gasteiger partial charge < -0.3 is 15.0 Å². The van der Waals surface area contributed by atoms with Gasteiger partial charge >= 0.3 is 0 Å². The summed E-state index contributed by atoms with van der Waals surface area (Å²) in [6, 6.07) is 14.7. The first kappa shape index (κ1) is 28.5. The van der Waals surface area contributed by atoms with Crippen LogP contribution in [0.5, 0.6) is 0 Å². The van der Waals surface area contributed by atoms with Gasteiger partial charge in [0.1, 0.15) is 11.6 Å². The van der Waals surface area contributed by atoms with Crippen molar-refractivity contribution in [3.8, 4) is 0 Å². The quantitative estimate of drug-likeness (QED) is 0.196. The molecule has 0 unspecified atom stereocenters. The number of ether oxygens (including phenoxy) is 1. The van der Waals surface area contributed by atoms with Crippen molar-refractivity contribution in [2.45, 2.75) is 19.9 Å². The minimum Gasteiger partial charge on any atom is -0.383 e. The number of nitrogens with one attached hydrogen (secondary N) is 2. The molecule has 2 aromatic carbocycles. The van der Waals surface area contributed by atoms with E-state index in [9.17, 15) is 8.78 Å². The molecule has 0 amide bonds. The third kappa shape index (κ3) is 7.98. The second kappa shape index (κ2) is 13.5. The second-order valence-electron chi connectivity index (χ2n) is 9.29. The molecule has 2 heterocycles. The van der Waals surface area contributed by atoms with Crippen LogP contribution in [-0.4, -0.2) is 77.3 Å². The van der Waals surface area contributed by atoms with E-state index in [0.717, 1.165) is 22.5 Å². The minimum absolute atomic E-state index is 0.152. The number of aryl methyl sites for hydroxylation is 2. The van der Waals surface area contributed by atoms with Crippen molar-refractivity contribution in [1.29, 1.82) is 0 Å². The van der Waals surface area contributed by atoms with Crippen LogP contribution in [0.1, 0.15) is 28.6 Å². The number of benzene rings is 2. The zero-order valence-corrected chi connectivity index (χ0v) is 23.1. The van der Waals surface area contributed by atoms with E-state index in [2.05, 4.69) is 35.4 Å². The number of thiocarbonyl (C=S) groups is 1. The van der Waals surface area contributed by atoms with Crippen LogP contribution < -0.4 is 10.6 Å². The van der Waals surface area contributed by atoms with Crippen molar-refractivity contribution in [2.24, 2.45) is 4.99 Å². The summed E-state index contributed by atoms with van der Waals surface area (Å²) in [6.45, 7) is 7.50. The molecule has 0 radical (unpaired) electrons. The summed E-state index contributed by atoms with van der Waals surface area (Å²) < 4.78 is 32.5. The molecular weight excluding hydrogens is 520 g/mol. The number of methoxy groups -OCH3 is 1. The molecular formula is C28H33F2N7OS. The molecule has 8 nitrogen and oxygen atoms in total. The molecule has 39 heavy (non-hydrogen) atoms. The van der Waals surface area contributed by atoms with Crippen LogP contribution in [0.4, 0.5) is 14.7 Å². The summed E-state index contributed by atoms with van der Waals surface area (Å²) in [6.07, 6.45) is 0. The summed E-state index contributed by atoms with van der Waals surface area (Å²) in [7, 11) is 1.63. The molecule has 1 aromatic heterocycles. The van der Waals surface area contributed by atoms with Gasteiger partial charge in [-0.3, -0.25) is 10.2 Å². The van der Waals surface area contributed by atoms with Gasteiger partial charge in [-0.15, -0.1) is 0 Å². The molecule has 1 fully saturated rings. The van der Waals surface area contributed by atoms with E-state index in [4.69, 9.17) is 17.0 Å². The van der Waals surface area contributed by atoms with Crippen molar-refractivity contribution >= 4 is 29.2 Å².